The minimum absolute atomic E-state index is 0.0516. The second-order valence-corrected chi connectivity index (χ2v) is 7.90. The number of rotatable bonds is 14. The number of carbonyl (C=O) groups is 2. The molecule has 0 aromatic carbocycles. The fourth-order valence-corrected chi connectivity index (χ4v) is 3.43. The Hall–Kier alpha value is -2.18. The number of allylic oxidation sites excluding steroid dienone is 4. The molecule has 0 saturated carbocycles. The second kappa shape index (κ2) is 19.5. The van der Waals surface area contributed by atoms with E-state index in [0.29, 0.717) is 26.3 Å². The van der Waals surface area contributed by atoms with Gasteiger partial charge in [-0.3, -0.25) is 9.59 Å². The average Bonchev–Trinajstić information content (AvgIpc) is 2.80. The van der Waals surface area contributed by atoms with E-state index in [9.17, 15) is 9.59 Å². The van der Waals surface area contributed by atoms with Crippen LogP contribution in [0.4, 0.5) is 0 Å². The topological polar surface area (TPSA) is 76.7 Å². The summed E-state index contributed by atoms with van der Waals surface area (Å²) in [4.78, 5) is 22.4. The van der Waals surface area contributed by atoms with Gasteiger partial charge >= 0.3 is 0 Å². The van der Waals surface area contributed by atoms with Gasteiger partial charge < -0.3 is 20.1 Å². The standard InChI is InChI=1S/C26H42N2O4/c1-3-25(29)27-19-13-15-21-31-23-17-11-9-7-5-6-8-10-12-18-24(23)32-22-16-14-20-28-26(30)4-2/h3-4,7-10,23-24H,1-2,5-6,11-22H2,(H,27,29)(H,28,30)/b9-7-,10-8-. The lowest BCUT2D eigenvalue weighted by Crippen LogP contribution is -2.33. The molecule has 1 aliphatic carbocycles. The summed E-state index contributed by atoms with van der Waals surface area (Å²) in [7, 11) is 0. The monoisotopic (exact) mass is 446 g/mol. The van der Waals surface area contributed by atoms with E-state index >= 15 is 0 Å². The molecule has 2 amide bonds. The molecule has 0 aromatic heterocycles. The highest BCUT2D eigenvalue weighted by Gasteiger charge is 2.22. The van der Waals surface area contributed by atoms with Crippen molar-refractivity contribution in [2.75, 3.05) is 26.3 Å². The Kier molecular flexibility index (Phi) is 17.0. The van der Waals surface area contributed by atoms with Crippen molar-refractivity contribution in [3.05, 3.63) is 49.6 Å². The Morgan fingerprint density at radius 3 is 1.53 bits per heavy atom. The third-order valence-corrected chi connectivity index (χ3v) is 5.26. The van der Waals surface area contributed by atoms with Gasteiger partial charge in [0, 0.05) is 26.3 Å². The molecule has 0 fully saturated rings. The van der Waals surface area contributed by atoms with Crippen molar-refractivity contribution in [1.82, 2.24) is 10.6 Å². The zero-order chi connectivity index (χ0) is 23.3. The summed E-state index contributed by atoms with van der Waals surface area (Å²) in [6.45, 7) is 9.49. The molecule has 1 rings (SSSR count). The van der Waals surface area contributed by atoms with Gasteiger partial charge in [-0.15, -0.1) is 0 Å². The molecule has 0 heterocycles. The summed E-state index contributed by atoms with van der Waals surface area (Å²) in [5, 5.41) is 5.59. The van der Waals surface area contributed by atoms with E-state index in [0.717, 1.165) is 64.2 Å². The first-order chi connectivity index (χ1) is 15.7. The second-order valence-electron chi connectivity index (χ2n) is 7.90. The lowest BCUT2D eigenvalue weighted by Gasteiger charge is -2.28. The molecule has 0 aromatic rings. The third kappa shape index (κ3) is 14.8. The largest absolute Gasteiger partial charge is 0.376 e. The Bertz CT molecular complexity index is 549. The Morgan fingerprint density at radius 2 is 1.12 bits per heavy atom. The number of unbranched alkanes of at least 4 members (excludes halogenated alkanes) is 2. The van der Waals surface area contributed by atoms with Crippen molar-refractivity contribution in [2.24, 2.45) is 0 Å². The molecule has 1 aliphatic rings. The molecule has 0 radical (unpaired) electrons. The number of hydrogen-bond donors (Lipinski definition) is 2. The number of nitrogens with one attached hydrogen (secondary N) is 2. The van der Waals surface area contributed by atoms with Gasteiger partial charge in [0.2, 0.25) is 11.8 Å². The summed E-state index contributed by atoms with van der Waals surface area (Å²) >= 11 is 0. The van der Waals surface area contributed by atoms with E-state index in [4.69, 9.17) is 9.47 Å². The molecule has 0 spiro atoms. The van der Waals surface area contributed by atoms with Crippen molar-refractivity contribution in [3.8, 4) is 0 Å². The van der Waals surface area contributed by atoms with Crippen LogP contribution in [0.15, 0.2) is 49.6 Å². The Morgan fingerprint density at radius 1 is 0.719 bits per heavy atom. The van der Waals surface area contributed by atoms with E-state index in [2.05, 4.69) is 48.1 Å². The minimum Gasteiger partial charge on any atom is -0.376 e. The van der Waals surface area contributed by atoms with E-state index in [1.165, 1.54) is 12.2 Å². The van der Waals surface area contributed by atoms with E-state index in [1.807, 2.05) is 0 Å². The lowest BCUT2D eigenvalue weighted by molar-refractivity contribution is -0.117. The molecule has 2 N–H and O–H groups in total. The summed E-state index contributed by atoms with van der Waals surface area (Å²) in [6.07, 6.45) is 21.2. The van der Waals surface area contributed by atoms with Gasteiger partial charge in [0.1, 0.15) is 0 Å². The van der Waals surface area contributed by atoms with Gasteiger partial charge in [0.05, 0.1) is 12.2 Å². The van der Waals surface area contributed by atoms with E-state index in [1.54, 1.807) is 0 Å². The normalized spacial score (nSPS) is 21.4. The highest BCUT2D eigenvalue weighted by Crippen LogP contribution is 2.19. The van der Waals surface area contributed by atoms with Crippen molar-refractivity contribution in [3.63, 3.8) is 0 Å². The average molecular weight is 447 g/mol. The minimum atomic E-state index is -0.136. The van der Waals surface area contributed by atoms with Crippen LogP contribution in [0, 0.1) is 0 Å². The van der Waals surface area contributed by atoms with Crippen molar-refractivity contribution >= 4 is 11.8 Å². The van der Waals surface area contributed by atoms with Crippen LogP contribution in [-0.4, -0.2) is 50.3 Å². The van der Waals surface area contributed by atoms with Crippen molar-refractivity contribution < 1.29 is 19.1 Å². The Balaban J connectivity index is 2.48. The molecule has 0 saturated heterocycles. The number of amides is 2. The first kappa shape index (κ1) is 27.9. The maximum absolute atomic E-state index is 11.2. The van der Waals surface area contributed by atoms with Gasteiger partial charge in [0.25, 0.3) is 0 Å². The van der Waals surface area contributed by atoms with Crippen molar-refractivity contribution in [2.45, 2.75) is 76.4 Å². The molecule has 0 bridgehead atoms. The predicted molar refractivity (Wildman–Crippen MR) is 130 cm³/mol. The molecule has 2 unspecified atom stereocenters. The maximum atomic E-state index is 11.2. The molecule has 2 atom stereocenters. The third-order valence-electron chi connectivity index (χ3n) is 5.26. The van der Waals surface area contributed by atoms with Crippen LogP contribution >= 0.6 is 0 Å². The summed E-state index contributed by atoms with van der Waals surface area (Å²) in [5.74, 6) is -0.273. The van der Waals surface area contributed by atoms with Crippen LogP contribution < -0.4 is 10.6 Å². The highest BCUT2D eigenvalue weighted by molar-refractivity contribution is 5.87. The van der Waals surface area contributed by atoms with Gasteiger partial charge in [-0.05, 0) is 76.4 Å². The molecule has 6 nitrogen and oxygen atoms in total. The number of ether oxygens (including phenoxy) is 2. The first-order valence-electron chi connectivity index (χ1n) is 12.0. The first-order valence-corrected chi connectivity index (χ1v) is 12.0. The van der Waals surface area contributed by atoms with Crippen LogP contribution in [0.2, 0.25) is 0 Å². The Labute approximate surface area is 194 Å². The highest BCUT2D eigenvalue weighted by atomic mass is 16.5. The molecule has 32 heavy (non-hydrogen) atoms. The smallest absolute Gasteiger partial charge is 0.243 e. The van der Waals surface area contributed by atoms with Crippen molar-refractivity contribution in [1.29, 1.82) is 0 Å². The summed E-state index contributed by atoms with van der Waals surface area (Å²) in [6, 6.07) is 0. The fourth-order valence-electron chi connectivity index (χ4n) is 3.43. The molecule has 180 valence electrons. The van der Waals surface area contributed by atoms with Crippen LogP contribution in [0.3, 0.4) is 0 Å². The molecule has 0 aliphatic heterocycles. The fraction of sp³-hybridized carbons (Fsp3) is 0.615. The number of hydrogen-bond acceptors (Lipinski definition) is 4. The van der Waals surface area contributed by atoms with Crippen LogP contribution in [0.1, 0.15) is 64.2 Å². The predicted octanol–water partition coefficient (Wildman–Crippen LogP) is 4.39. The zero-order valence-electron chi connectivity index (χ0n) is 19.6. The molecule has 6 heteroatoms. The summed E-state index contributed by atoms with van der Waals surface area (Å²) < 4.78 is 12.5. The summed E-state index contributed by atoms with van der Waals surface area (Å²) in [5.41, 5.74) is 0. The SMILES string of the molecule is C=CC(=O)NCCCCOC1CC/C=C\CC/C=C\CCC1OCCCCNC(=O)C=C. The molecular weight excluding hydrogens is 404 g/mol. The molecular formula is C26H42N2O4. The zero-order valence-corrected chi connectivity index (χ0v) is 19.6. The van der Waals surface area contributed by atoms with Gasteiger partial charge in [-0.25, -0.2) is 0 Å². The van der Waals surface area contributed by atoms with Crippen LogP contribution in [0.25, 0.3) is 0 Å². The van der Waals surface area contributed by atoms with Gasteiger partial charge in [-0.1, -0.05) is 37.5 Å². The van der Waals surface area contributed by atoms with Crippen LogP contribution in [-0.2, 0) is 19.1 Å². The van der Waals surface area contributed by atoms with Gasteiger partial charge in [0.15, 0.2) is 0 Å². The van der Waals surface area contributed by atoms with E-state index < -0.39 is 0 Å². The quantitative estimate of drug-likeness (QED) is 0.236. The van der Waals surface area contributed by atoms with Crippen LogP contribution in [0.5, 0.6) is 0 Å². The lowest BCUT2D eigenvalue weighted by atomic mass is 10.0. The van der Waals surface area contributed by atoms with E-state index in [-0.39, 0.29) is 24.0 Å². The number of carbonyl (C=O) groups excluding carboxylic acids is 2. The van der Waals surface area contributed by atoms with Gasteiger partial charge in [-0.2, -0.15) is 0 Å². The maximum Gasteiger partial charge on any atom is 0.243 e.